The Labute approximate surface area is 137 Å². The van der Waals surface area contributed by atoms with Crippen molar-refractivity contribution in [3.8, 4) is 0 Å². The van der Waals surface area contributed by atoms with E-state index < -0.39 is 5.97 Å². The maximum absolute atomic E-state index is 12.7. The number of rotatable bonds is 2. The van der Waals surface area contributed by atoms with Gasteiger partial charge in [0.2, 0.25) is 0 Å². The summed E-state index contributed by atoms with van der Waals surface area (Å²) in [6, 6.07) is 0. The normalized spacial score (nSPS) is 34.0. The third kappa shape index (κ3) is 1.94. The fourth-order valence-electron chi connectivity index (χ4n) is 5.43. The number of esters is 1. The lowest BCUT2D eigenvalue weighted by molar-refractivity contribution is -0.131. The van der Waals surface area contributed by atoms with Crippen molar-refractivity contribution < 1.29 is 9.53 Å². The molecule has 8 heteroatoms. The van der Waals surface area contributed by atoms with Gasteiger partial charge in [-0.1, -0.05) is 5.21 Å². The molecule has 0 saturated heterocycles. The fraction of sp³-hybridized carbons (Fsp3) is 0.688. The Morgan fingerprint density at radius 2 is 1.83 bits per heavy atom. The van der Waals surface area contributed by atoms with Gasteiger partial charge in [0.15, 0.2) is 11.3 Å². The van der Waals surface area contributed by atoms with Crippen LogP contribution in [-0.2, 0) is 11.8 Å². The summed E-state index contributed by atoms with van der Waals surface area (Å²) >= 11 is 0. The minimum atomic E-state index is -0.484. The Balaban J connectivity index is 1.47. The highest BCUT2D eigenvalue weighted by Crippen LogP contribution is 2.57. The van der Waals surface area contributed by atoms with E-state index in [1.54, 1.807) is 0 Å². The molecule has 24 heavy (non-hydrogen) atoms. The Hall–Kier alpha value is -2.25. The number of carbonyl (C=O) groups is 1. The van der Waals surface area contributed by atoms with Crippen LogP contribution in [0.1, 0.15) is 49.0 Å². The largest absolute Gasteiger partial charge is 0.454 e. The van der Waals surface area contributed by atoms with Gasteiger partial charge in [-0.2, -0.15) is 4.68 Å². The van der Waals surface area contributed by atoms with Crippen molar-refractivity contribution in [3.05, 3.63) is 22.5 Å². The van der Waals surface area contributed by atoms with Gasteiger partial charge in [0, 0.05) is 7.05 Å². The lowest BCUT2D eigenvalue weighted by atomic mass is 9.54. The summed E-state index contributed by atoms with van der Waals surface area (Å²) in [5, 5.41) is 7.66. The number of hydrogen-bond donors (Lipinski definition) is 0. The van der Waals surface area contributed by atoms with E-state index in [0.29, 0.717) is 17.8 Å². The lowest BCUT2D eigenvalue weighted by Gasteiger charge is -2.55. The van der Waals surface area contributed by atoms with E-state index >= 15 is 0 Å². The molecular formula is C16H19N5O3. The number of hydrogen-bond acceptors (Lipinski definition) is 6. The second-order valence-corrected chi connectivity index (χ2v) is 7.77. The lowest BCUT2D eigenvalue weighted by Crippen LogP contribution is -2.52. The van der Waals surface area contributed by atoms with Crippen LogP contribution in [0, 0.1) is 17.8 Å². The molecule has 0 atom stereocenters. The molecule has 2 aromatic heterocycles. The zero-order valence-electron chi connectivity index (χ0n) is 13.5. The minimum absolute atomic E-state index is 0.0796. The summed E-state index contributed by atoms with van der Waals surface area (Å²) in [7, 11) is 1.50. The Morgan fingerprint density at radius 1 is 1.21 bits per heavy atom. The molecule has 0 unspecified atom stereocenters. The van der Waals surface area contributed by atoms with E-state index in [4.69, 9.17) is 4.74 Å². The van der Waals surface area contributed by atoms with Crippen LogP contribution in [0.3, 0.4) is 0 Å². The van der Waals surface area contributed by atoms with Crippen molar-refractivity contribution in [2.45, 2.75) is 44.1 Å². The molecule has 0 N–H and O–H groups in total. The number of fused-ring (bicyclic) bond motifs is 1. The number of aryl methyl sites for hydroxylation is 1. The van der Waals surface area contributed by atoms with Crippen LogP contribution in [0.4, 0.5) is 0 Å². The maximum Gasteiger partial charge on any atom is 0.361 e. The van der Waals surface area contributed by atoms with E-state index in [9.17, 15) is 9.59 Å². The summed E-state index contributed by atoms with van der Waals surface area (Å²) in [4.78, 5) is 28.8. The number of imidazole rings is 1. The molecule has 0 radical (unpaired) electrons. The van der Waals surface area contributed by atoms with Crippen LogP contribution in [0.15, 0.2) is 11.1 Å². The molecule has 6 rings (SSSR count). The third-order valence-electron chi connectivity index (χ3n) is 5.98. The first kappa shape index (κ1) is 14.1. The number of nitrogens with zero attached hydrogens (tertiary/aromatic N) is 5. The molecule has 2 heterocycles. The topological polar surface area (TPSA) is 91.4 Å². The molecule has 4 aliphatic carbocycles. The Kier molecular flexibility index (Phi) is 2.73. The van der Waals surface area contributed by atoms with Crippen molar-refractivity contribution in [1.29, 1.82) is 0 Å². The number of aromatic nitrogens is 5. The first-order chi connectivity index (χ1) is 11.5. The summed E-state index contributed by atoms with van der Waals surface area (Å²) < 4.78 is 8.31. The van der Waals surface area contributed by atoms with E-state index in [1.165, 1.54) is 37.0 Å². The molecule has 126 valence electrons. The zero-order valence-corrected chi connectivity index (χ0v) is 13.5. The van der Waals surface area contributed by atoms with Crippen molar-refractivity contribution in [3.63, 3.8) is 0 Å². The van der Waals surface area contributed by atoms with Gasteiger partial charge >= 0.3 is 11.7 Å². The van der Waals surface area contributed by atoms with Gasteiger partial charge in [0.1, 0.15) is 11.9 Å². The van der Waals surface area contributed by atoms with E-state index in [2.05, 4.69) is 15.3 Å². The average molecular weight is 329 g/mol. The van der Waals surface area contributed by atoms with Gasteiger partial charge in [-0.25, -0.2) is 19.0 Å². The molecular weight excluding hydrogens is 310 g/mol. The van der Waals surface area contributed by atoms with Crippen molar-refractivity contribution in [2.75, 3.05) is 0 Å². The first-order valence-electron chi connectivity index (χ1n) is 8.53. The summed E-state index contributed by atoms with van der Waals surface area (Å²) in [6.45, 7) is 0. The molecule has 4 bridgehead atoms. The van der Waals surface area contributed by atoms with E-state index in [0.717, 1.165) is 23.9 Å². The van der Waals surface area contributed by atoms with Crippen LogP contribution in [0.2, 0.25) is 0 Å². The van der Waals surface area contributed by atoms with Crippen molar-refractivity contribution in [1.82, 2.24) is 24.4 Å². The zero-order chi connectivity index (χ0) is 16.5. The van der Waals surface area contributed by atoms with Crippen LogP contribution in [-0.4, -0.2) is 35.9 Å². The van der Waals surface area contributed by atoms with Crippen LogP contribution in [0.5, 0.6) is 0 Å². The molecule has 0 aliphatic heterocycles. The average Bonchev–Trinajstić information content (AvgIpc) is 2.94. The van der Waals surface area contributed by atoms with E-state index in [-0.39, 0.29) is 22.6 Å². The van der Waals surface area contributed by atoms with E-state index in [1.807, 2.05) is 0 Å². The fourth-order valence-corrected chi connectivity index (χ4v) is 5.43. The number of carbonyl (C=O) groups excluding carboxylic acids is 1. The SMILES string of the molecule is Cn1nnc2c(C(=O)OC34CC5CC(CC(C5)C3)C4)ncn2c1=O. The summed E-state index contributed by atoms with van der Waals surface area (Å²) in [5.74, 6) is 1.58. The standard InChI is InChI=1S/C16H19N5O3/c1-20-15(23)21-8-17-12(13(21)18-19-20)14(22)24-16-5-9-2-10(6-16)4-11(3-9)7-16/h8-11H,2-7H2,1H3. The smallest absolute Gasteiger partial charge is 0.361 e. The van der Waals surface area contributed by atoms with Gasteiger partial charge in [-0.3, -0.25) is 0 Å². The maximum atomic E-state index is 12.7. The van der Waals surface area contributed by atoms with Gasteiger partial charge in [-0.05, 0) is 56.3 Å². The highest BCUT2D eigenvalue weighted by Gasteiger charge is 2.53. The molecule has 4 saturated carbocycles. The molecule has 2 aromatic rings. The Morgan fingerprint density at radius 3 is 2.46 bits per heavy atom. The second-order valence-electron chi connectivity index (χ2n) is 7.77. The van der Waals surface area contributed by atoms with Crippen LogP contribution < -0.4 is 5.69 Å². The van der Waals surface area contributed by atoms with Crippen molar-refractivity contribution in [2.24, 2.45) is 24.8 Å². The van der Waals surface area contributed by atoms with Crippen LogP contribution in [0.25, 0.3) is 5.65 Å². The molecule has 4 aliphatic rings. The molecule has 8 nitrogen and oxygen atoms in total. The number of ether oxygens (including phenoxy) is 1. The van der Waals surface area contributed by atoms with Gasteiger partial charge in [0.25, 0.3) is 0 Å². The molecule has 0 amide bonds. The second kappa shape index (κ2) is 4.64. The summed E-state index contributed by atoms with van der Waals surface area (Å²) in [5.41, 5.74) is -0.486. The third-order valence-corrected chi connectivity index (χ3v) is 5.98. The van der Waals surface area contributed by atoms with Crippen LogP contribution >= 0.6 is 0 Å². The molecule has 0 aromatic carbocycles. The van der Waals surface area contributed by atoms with Gasteiger partial charge in [0.05, 0.1) is 0 Å². The van der Waals surface area contributed by atoms with Gasteiger partial charge < -0.3 is 4.74 Å². The Bertz CT molecular complexity index is 863. The summed E-state index contributed by atoms with van der Waals surface area (Å²) in [6.07, 6.45) is 8.05. The predicted octanol–water partition coefficient (Wildman–Crippen LogP) is 0.949. The minimum Gasteiger partial charge on any atom is -0.454 e. The molecule has 0 spiro atoms. The monoisotopic (exact) mass is 329 g/mol. The highest BCUT2D eigenvalue weighted by atomic mass is 16.6. The quantitative estimate of drug-likeness (QED) is 0.762. The first-order valence-corrected chi connectivity index (χ1v) is 8.53. The van der Waals surface area contributed by atoms with Gasteiger partial charge in [-0.15, -0.1) is 5.10 Å². The van der Waals surface area contributed by atoms with Crippen molar-refractivity contribution >= 4 is 11.6 Å². The predicted molar refractivity (Wildman–Crippen MR) is 82.3 cm³/mol. The highest BCUT2D eigenvalue weighted by molar-refractivity contribution is 5.93. The molecule has 4 fully saturated rings.